The van der Waals surface area contributed by atoms with Gasteiger partial charge in [-0.15, -0.1) is 0 Å². The van der Waals surface area contributed by atoms with Crippen LogP contribution in [-0.4, -0.2) is 48.2 Å². The Morgan fingerprint density at radius 3 is 2.43 bits per heavy atom. The molecule has 2 fully saturated rings. The Bertz CT molecular complexity index is 403. The van der Waals surface area contributed by atoms with Crippen LogP contribution in [-0.2, 0) is 14.3 Å². The molecule has 1 saturated carbocycles. The molecule has 1 amide bonds. The molecule has 0 spiro atoms. The fourth-order valence-corrected chi connectivity index (χ4v) is 3.68. The highest BCUT2D eigenvalue weighted by Gasteiger charge is 2.48. The van der Waals surface area contributed by atoms with Gasteiger partial charge < -0.3 is 14.7 Å². The summed E-state index contributed by atoms with van der Waals surface area (Å²) in [5.74, 6) is -0.641. The number of carbonyl (C=O) groups is 2. The van der Waals surface area contributed by atoms with Crippen molar-refractivity contribution in [3.8, 4) is 0 Å². The summed E-state index contributed by atoms with van der Waals surface area (Å²) in [6, 6.07) is 0. The standard InChI is InChI=1S/C16H27NO4/c1-3-21-11-9-16(6-4-5-7-16)13(18)17-10-8-15(2,12-17)14(19)20/h3-12H2,1-2H3,(H,19,20). The number of carboxylic acid groups (broad SMARTS) is 1. The van der Waals surface area contributed by atoms with E-state index in [4.69, 9.17) is 4.74 Å². The lowest BCUT2D eigenvalue weighted by Crippen LogP contribution is -2.43. The van der Waals surface area contributed by atoms with Gasteiger partial charge in [-0.25, -0.2) is 0 Å². The van der Waals surface area contributed by atoms with Crippen molar-refractivity contribution in [2.24, 2.45) is 10.8 Å². The Hall–Kier alpha value is -1.10. The first-order valence-corrected chi connectivity index (χ1v) is 8.04. The first-order valence-electron chi connectivity index (χ1n) is 8.04. The molecule has 1 saturated heterocycles. The lowest BCUT2D eigenvalue weighted by molar-refractivity contribution is -0.148. The number of rotatable bonds is 6. The molecule has 0 bridgehead atoms. The maximum Gasteiger partial charge on any atom is 0.311 e. The molecule has 1 aliphatic carbocycles. The number of amides is 1. The summed E-state index contributed by atoms with van der Waals surface area (Å²) < 4.78 is 5.45. The lowest BCUT2D eigenvalue weighted by atomic mass is 9.81. The smallest absolute Gasteiger partial charge is 0.311 e. The van der Waals surface area contributed by atoms with Gasteiger partial charge in [0.05, 0.1) is 10.8 Å². The zero-order valence-electron chi connectivity index (χ0n) is 13.2. The van der Waals surface area contributed by atoms with Gasteiger partial charge >= 0.3 is 5.97 Å². The van der Waals surface area contributed by atoms with E-state index in [0.717, 1.165) is 32.1 Å². The number of carbonyl (C=O) groups excluding carboxylic acids is 1. The lowest BCUT2D eigenvalue weighted by Gasteiger charge is -2.33. The van der Waals surface area contributed by atoms with Gasteiger partial charge in [-0.1, -0.05) is 12.8 Å². The molecule has 21 heavy (non-hydrogen) atoms. The highest BCUT2D eigenvalue weighted by molar-refractivity contribution is 5.85. The van der Waals surface area contributed by atoms with Crippen molar-refractivity contribution in [1.29, 1.82) is 0 Å². The number of hydrogen-bond donors (Lipinski definition) is 1. The van der Waals surface area contributed by atoms with Crippen LogP contribution in [0.4, 0.5) is 0 Å². The monoisotopic (exact) mass is 297 g/mol. The number of nitrogens with zero attached hydrogens (tertiary/aromatic N) is 1. The first kappa shape index (κ1) is 16.3. The molecular formula is C16H27NO4. The molecule has 1 atom stereocenters. The number of likely N-dealkylation sites (tertiary alicyclic amines) is 1. The second-order valence-electron chi connectivity index (χ2n) is 6.78. The Kier molecular flexibility index (Phi) is 4.91. The van der Waals surface area contributed by atoms with Crippen molar-refractivity contribution in [3.63, 3.8) is 0 Å². The highest BCUT2D eigenvalue weighted by Crippen LogP contribution is 2.44. The highest BCUT2D eigenvalue weighted by atomic mass is 16.5. The zero-order chi connectivity index (χ0) is 15.5. The number of carboxylic acids is 1. The van der Waals surface area contributed by atoms with E-state index in [-0.39, 0.29) is 11.3 Å². The van der Waals surface area contributed by atoms with Gasteiger partial charge in [0.2, 0.25) is 5.91 Å². The van der Waals surface area contributed by atoms with Crippen molar-refractivity contribution >= 4 is 11.9 Å². The summed E-state index contributed by atoms with van der Waals surface area (Å²) in [5.41, 5.74) is -1.09. The predicted octanol–water partition coefficient (Wildman–Crippen LogP) is 2.30. The maximum absolute atomic E-state index is 13.0. The Balaban J connectivity index is 2.04. The normalized spacial score (nSPS) is 28.0. The minimum Gasteiger partial charge on any atom is -0.481 e. The van der Waals surface area contributed by atoms with Gasteiger partial charge in [0, 0.05) is 26.3 Å². The van der Waals surface area contributed by atoms with E-state index in [0.29, 0.717) is 32.7 Å². The van der Waals surface area contributed by atoms with Crippen molar-refractivity contribution in [2.45, 2.75) is 52.4 Å². The van der Waals surface area contributed by atoms with E-state index in [1.807, 2.05) is 6.92 Å². The van der Waals surface area contributed by atoms with Crippen LogP contribution >= 0.6 is 0 Å². The van der Waals surface area contributed by atoms with Gasteiger partial charge in [-0.2, -0.15) is 0 Å². The van der Waals surface area contributed by atoms with Crippen LogP contribution in [0.15, 0.2) is 0 Å². The second kappa shape index (κ2) is 6.34. The predicted molar refractivity (Wildman–Crippen MR) is 79.0 cm³/mol. The summed E-state index contributed by atoms with van der Waals surface area (Å²) in [6.45, 7) is 5.90. The van der Waals surface area contributed by atoms with Crippen LogP contribution in [0.1, 0.15) is 52.4 Å². The molecule has 2 rings (SSSR count). The van der Waals surface area contributed by atoms with Gasteiger partial charge in [-0.05, 0) is 39.5 Å². The average molecular weight is 297 g/mol. The van der Waals surface area contributed by atoms with Crippen molar-refractivity contribution in [2.75, 3.05) is 26.3 Å². The number of ether oxygens (including phenoxy) is 1. The van der Waals surface area contributed by atoms with Gasteiger partial charge in [0.1, 0.15) is 0 Å². The Morgan fingerprint density at radius 1 is 1.24 bits per heavy atom. The molecule has 0 aromatic heterocycles. The van der Waals surface area contributed by atoms with E-state index >= 15 is 0 Å². The minimum atomic E-state index is -0.799. The molecule has 1 N–H and O–H groups in total. The number of aliphatic carboxylic acids is 1. The van der Waals surface area contributed by atoms with E-state index in [2.05, 4.69) is 0 Å². The molecule has 5 nitrogen and oxygen atoms in total. The third-order valence-corrected chi connectivity index (χ3v) is 5.22. The first-order chi connectivity index (χ1) is 9.93. The summed E-state index contributed by atoms with van der Waals surface area (Å²) in [5, 5.41) is 9.32. The fraction of sp³-hybridized carbons (Fsp3) is 0.875. The summed E-state index contributed by atoms with van der Waals surface area (Å²) >= 11 is 0. The molecule has 0 radical (unpaired) electrons. The second-order valence-corrected chi connectivity index (χ2v) is 6.78. The Labute approximate surface area is 126 Å². The molecule has 5 heteroatoms. The van der Waals surface area contributed by atoms with Crippen LogP contribution < -0.4 is 0 Å². The molecule has 1 heterocycles. The topological polar surface area (TPSA) is 66.8 Å². The number of hydrogen-bond acceptors (Lipinski definition) is 3. The van der Waals surface area contributed by atoms with E-state index in [1.54, 1.807) is 11.8 Å². The quantitative estimate of drug-likeness (QED) is 0.764. The third kappa shape index (κ3) is 3.23. The molecule has 1 unspecified atom stereocenters. The van der Waals surface area contributed by atoms with Crippen molar-refractivity contribution < 1.29 is 19.4 Å². The van der Waals surface area contributed by atoms with Crippen LogP contribution in [0, 0.1) is 10.8 Å². The van der Waals surface area contributed by atoms with Crippen LogP contribution in [0.25, 0.3) is 0 Å². The molecule has 0 aromatic rings. The zero-order valence-corrected chi connectivity index (χ0v) is 13.2. The van der Waals surface area contributed by atoms with Gasteiger partial charge in [0.15, 0.2) is 0 Å². The summed E-state index contributed by atoms with van der Waals surface area (Å²) in [6.07, 6.45) is 5.32. The van der Waals surface area contributed by atoms with Crippen molar-refractivity contribution in [3.05, 3.63) is 0 Å². The van der Waals surface area contributed by atoms with Gasteiger partial charge in [0.25, 0.3) is 0 Å². The average Bonchev–Trinajstić information content (AvgIpc) is 3.07. The molecule has 1 aliphatic heterocycles. The molecule has 0 aromatic carbocycles. The largest absolute Gasteiger partial charge is 0.481 e. The minimum absolute atomic E-state index is 0.157. The summed E-state index contributed by atoms with van der Waals surface area (Å²) in [4.78, 5) is 26.1. The Morgan fingerprint density at radius 2 is 1.90 bits per heavy atom. The van der Waals surface area contributed by atoms with Gasteiger partial charge in [-0.3, -0.25) is 9.59 Å². The maximum atomic E-state index is 13.0. The molecule has 120 valence electrons. The van der Waals surface area contributed by atoms with Crippen LogP contribution in [0.5, 0.6) is 0 Å². The van der Waals surface area contributed by atoms with Crippen LogP contribution in [0.3, 0.4) is 0 Å². The van der Waals surface area contributed by atoms with Crippen LogP contribution in [0.2, 0.25) is 0 Å². The summed E-state index contributed by atoms with van der Waals surface area (Å²) in [7, 11) is 0. The SMILES string of the molecule is CCOCCC1(C(=O)N2CCC(C)(C(=O)O)C2)CCCC1. The van der Waals surface area contributed by atoms with E-state index < -0.39 is 11.4 Å². The molecule has 2 aliphatic rings. The fourth-order valence-electron chi connectivity index (χ4n) is 3.68. The molecular weight excluding hydrogens is 270 g/mol. The third-order valence-electron chi connectivity index (χ3n) is 5.22. The van der Waals surface area contributed by atoms with Crippen molar-refractivity contribution in [1.82, 2.24) is 4.90 Å². The van der Waals surface area contributed by atoms with E-state index in [1.165, 1.54) is 0 Å². The van der Waals surface area contributed by atoms with E-state index in [9.17, 15) is 14.7 Å².